The second-order valence-corrected chi connectivity index (χ2v) is 5.36. The zero-order valence-electron chi connectivity index (χ0n) is 10.5. The summed E-state index contributed by atoms with van der Waals surface area (Å²) in [5.74, 6) is 6.23. The van der Waals surface area contributed by atoms with Crippen molar-refractivity contribution in [2.75, 3.05) is 19.7 Å². The van der Waals surface area contributed by atoms with E-state index in [4.69, 9.17) is 5.11 Å². The van der Waals surface area contributed by atoms with Crippen LogP contribution in [0, 0.1) is 17.8 Å². The van der Waals surface area contributed by atoms with Gasteiger partial charge in [-0.1, -0.05) is 11.8 Å². The van der Waals surface area contributed by atoms with Crippen LogP contribution in [0.3, 0.4) is 0 Å². The maximum atomic E-state index is 12.3. The molecule has 96 valence electrons. The third-order valence-corrected chi connectivity index (χ3v) is 3.83. The third kappa shape index (κ3) is 3.34. The molecule has 0 saturated heterocycles. The van der Waals surface area contributed by atoms with E-state index in [0.29, 0.717) is 11.5 Å². The van der Waals surface area contributed by atoms with Crippen LogP contribution >= 0.6 is 11.3 Å². The maximum Gasteiger partial charge on any atom is 0.254 e. The number of rotatable bonds is 4. The Hall–Kier alpha value is -1.31. The van der Waals surface area contributed by atoms with Crippen LogP contribution in [0.25, 0.3) is 0 Å². The fourth-order valence-electron chi connectivity index (χ4n) is 1.79. The number of hydrogen-bond donors (Lipinski definition) is 1. The summed E-state index contributed by atoms with van der Waals surface area (Å²) in [5, 5.41) is 10.5. The van der Waals surface area contributed by atoms with Crippen LogP contribution in [-0.2, 0) is 0 Å². The van der Waals surface area contributed by atoms with Gasteiger partial charge in [-0.2, -0.15) is 0 Å². The van der Waals surface area contributed by atoms with E-state index in [2.05, 4.69) is 11.8 Å². The maximum absolute atomic E-state index is 12.3. The Labute approximate surface area is 111 Å². The van der Waals surface area contributed by atoms with Gasteiger partial charge in [-0.3, -0.25) is 4.79 Å². The molecule has 0 aliphatic heterocycles. The molecule has 0 radical (unpaired) electrons. The van der Waals surface area contributed by atoms with Gasteiger partial charge in [0.05, 0.1) is 10.4 Å². The van der Waals surface area contributed by atoms with Gasteiger partial charge in [-0.25, -0.2) is 0 Å². The molecule has 0 unspecified atom stereocenters. The fourth-order valence-corrected chi connectivity index (χ4v) is 2.54. The monoisotopic (exact) mass is 263 g/mol. The average molecular weight is 263 g/mol. The predicted octanol–water partition coefficient (Wildman–Crippen LogP) is 1.96. The quantitative estimate of drug-likeness (QED) is 0.844. The van der Waals surface area contributed by atoms with E-state index < -0.39 is 0 Å². The van der Waals surface area contributed by atoms with Crippen LogP contribution in [0.2, 0.25) is 0 Å². The fraction of sp³-hybridized carbons (Fsp3) is 0.500. The molecule has 2 rings (SSSR count). The van der Waals surface area contributed by atoms with Gasteiger partial charge < -0.3 is 10.0 Å². The lowest BCUT2D eigenvalue weighted by Gasteiger charge is -2.19. The third-order valence-electron chi connectivity index (χ3n) is 2.98. The molecule has 1 amide bonds. The molecular weight excluding hydrogens is 246 g/mol. The van der Waals surface area contributed by atoms with Crippen molar-refractivity contribution in [1.29, 1.82) is 0 Å². The molecule has 1 heterocycles. The SMILES string of the molecule is CCN(CC1CC1)C(=O)c1csc(C#CCO)c1. The Morgan fingerprint density at radius 1 is 1.61 bits per heavy atom. The average Bonchev–Trinajstić information content (AvgIpc) is 3.08. The molecule has 0 aromatic carbocycles. The van der Waals surface area contributed by atoms with Gasteiger partial charge in [0.15, 0.2) is 0 Å². The Morgan fingerprint density at radius 3 is 3.00 bits per heavy atom. The molecule has 1 fully saturated rings. The zero-order chi connectivity index (χ0) is 13.0. The summed E-state index contributed by atoms with van der Waals surface area (Å²) < 4.78 is 0. The Morgan fingerprint density at radius 2 is 2.39 bits per heavy atom. The summed E-state index contributed by atoms with van der Waals surface area (Å²) in [7, 11) is 0. The van der Waals surface area contributed by atoms with Crippen LogP contribution in [-0.4, -0.2) is 35.6 Å². The molecule has 1 aromatic heterocycles. The topological polar surface area (TPSA) is 40.5 Å². The highest BCUT2D eigenvalue weighted by Gasteiger charge is 2.26. The first-order chi connectivity index (χ1) is 8.74. The van der Waals surface area contributed by atoms with Crippen molar-refractivity contribution >= 4 is 17.2 Å². The van der Waals surface area contributed by atoms with Crippen LogP contribution < -0.4 is 0 Å². The summed E-state index contributed by atoms with van der Waals surface area (Å²) in [6, 6.07) is 1.81. The number of hydrogen-bond acceptors (Lipinski definition) is 3. The molecule has 1 aliphatic carbocycles. The van der Waals surface area contributed by atoms with E-state index in [9.17, 15) is 4.79 Å². The van der Waals surface area contributed by atoms with E-state index in [0.717, 1.165) is 18.0 Å². The number of carbonyl (C=O) groups excluding carboxylic acids is 1. The first-order valence-corrected chi connectivity index (χ1v) is 7.10. The van der Waals surface area contributed by atoms with Crippen molar-refractivity contribution in [3.05, 3.63) is 21.9 Å². The van der Waals surface area contributed by atoms with Crippen molar-refractivity contribution in [3.63, 3.8) is 0 Å². The summed E-state index contributed by atoms with van der Waals surface area (Å²) in [6.45, 7) is 3.49. The van der Waals surface area contributed by atoms with E-state index in [1.165, 1.54) is 24.2 Å². The molecule has 0 spiro atoms. The summed E-state index contributed by atoms with van der Waals surface area (Å²) in [6.07, 6.45) is 2.50. The molecule has 0 atom stereocenters. The van der Waals surface area contributed by atoms with Crippen LogP contribution in [0.1, 0.15) is 35.0 Å². The van der Waals surface area contributed by atoms with Crippen LogP contribution in [0.4, 0.5) is 0 Å². The van der Waals surface area contributed by atoms with Crippen molar-refractivity contribution in [2.45, 2.75) is 19.8 Å². The van der Waals surface area contributed by atoms with Crippen molar-refractivity contribution in [1.82, 2.24) is 4.90 Å². The highest BCUT2D eigenvalue weighted by Crippen LogP contribution is 2.30. The van der Waals surface area contributed by atoms with Crippen molar-refractivity contribution in [3.8, 4) is 11.8 Å². The number of nitrogens with zero attached hydrogens (tertiary/aromatic N) is 1. The highest BCUT2D eigenvalue weighted by atomic mass is 32.1. The Balaban J connectivity index is 2.04. The summed E-state index contributed by atoms with van der Waals surface area (Å²) in [4.78, 5) is 15.0. The summed E-state index contributed by atoms with van der Waals surface area (Å²) >= 11 is 1.45. The number of aliphatic hydroxyl groups is 1. The zero-order valence-corrected chi connectivity index (χ0v) is 11.3. The Bertz CT molecular complexity index is 479. The van der Waals surface area contributed by atoms with E-state index in [-0.39, 0.29) is 12.5 Å². The number of aliphatic hydroxyl groups excluding tert-OH is 1. The van der Waals surface area contributed by atoms with E-state index in [1.807, 2.05) is 23.3 Å². The molecule has 3 nitrogen and oxygen atoms in total. The molecule has 18 heavy (non-hydrogen) atoms. The van der Waals surface area contributed by atoms with Crippen LogP contribution in [0.15, 0.2) is 11.4 Å². The minimum absolute atomic E-state index is 0.0951. The molecular formula is C14H17NO2S. The van der Waals surface area contributed by atoms with Gasteiger partial charge in [0.25, 0.3) is 5.91 Å². The van der Waals surface area contributed by atoms with E-state index in [1.54, 1.807) is 0 Å². The highest BCUT2D eigenvalue weighted by molar-refractivity contribution is 7.10. The minimum Gasteiger partial charge on any atom is -0.384 e. The van der Waals surface area contributed by atoms with Gasteiger partial charge >= 0.3 is 0 Å². The van der Waals surface area contributed by atoms with Gasteiger partial charge in [0, 0.05) is 18.5 Å². The van der Waals surface area contributed by atoms with E-state index >= 15 is 0 Å². The van der Waals surface area contributed by atoms with Gasteiger partial charge in [0.2, 0.25) is 0 Å². The second-order valence-electron chi connectivity index (χ2n) is 4.45. The van der Waals surface area contributed by atoms with Gasteiger partial charge in [0.1, 0.15) is 6.61 Å². The number of carbonyl (C=O) groups is 1. The standard InChI is InChI=1S/C14H17NO2S/c1-2-15(9-11-5-6-11)14(17)12-8-13(18-10-12)4-3-7-16/h8,10-11,16H,2,5-7,9H2,1H3. The molecule has 4 heteroatoms. The van der Waals surface area contributed by atoms with Crippen LogP contribution in [0.5, 0.6) is 0 Å². The van der Waals surface area contributed by atoms with Gasteiger partial charge in [-0.15, -0.1) is 11.3 Å². The van der Waals surface area contributed by atoms with Crippen molar-refractivity contribution in [2.24, 2.45) is 5.92 Å². The first kappa shape index (κ1) is 13.1. The molecule has 1 aromatic rings. The largest absolute Gasteiger partial charge is 0.384 e. The minimum atomic E-state index is -0.149. The summed E-state index contributed by atoms with van der Waals surface area (Å²) in [5.41, 5.74) is 0.713. The number of thiophene rings is 1. The molecule has 1 N–H and O–H groups in total. The molecule has 0 bridgehead atoms. The lowest BCUT2D eigenvalue weighted by Crippen LogP contribution is -2.32. The number of amides is 1. The smallest absolute Gasteiger partial charge is 0.254 e. The Kier molecular flexibility index (Phi) is 4.40. The molecule has 1 aliphatic rings. The van der Waals surface area contributed by atoms with Crippen molar-refractivity contribution < 1.29 is 9.90 Å². The lowest BCUT2D eigenvalue weighted by atomic mass is 10.2. The predicted molar refractivity (Wildman–Crippen MR) is 72.6 cm³/mol. The molecule has 1 saturated carbocycles. The van der Waals surface area contributed by atoms with Gasteiger partial charge in [-0.05, 0) is 31.7 Å². The second kappa shape index (κ2) is 6.03. The normalized spacial score (nSPS) is 13.9. The first-order valence-electron chi connectivity index (χ1n) is 6.22. The lowest BCUT2D eigenvalue weighted by molar-refractivity contribution is 0.0757.